The number of nitrogen functional groups attached to an aromatic ring is 1. The molecule has 1 atom stereocenters. The van der Waals surface area contributed by atoms with Gasteiger partial charge < -0.3 is 15.4 Å². The standard InChI is InChI=1S/C16H22N2O3/c1-12(15(19)18-10-4-2-3-5-11-18)21-16(20)13-6-8-14(17)9-7-13/h6-9,12H,2-5,10-11,17H2,1H3. The molecule has 1 unspecified atom stereocenters. The van der Waals surface area contributed by atoms with Gasteiger partial charge in [0.15, 0.2) is 6.10 Å². The van der Waals surface area contributed by atoms with Crippen molar-refractivity contribution in [2.24, 2.45) is 0 Å². The monoisotopic (exact) mass is 290 g/mol. The molecule has 1 amide bonds. The summed E-state index contributed by atoms with van der Waals surface area (Å²) < 4.78 is 5.26. The fourth-order valence-corrected chi connectivity index (χ4v) is 2.45. The van der Waals surface area contributed by atoms with E-state index in [9.17, 15) is 9.59 Å². The van der Waals surface area contributed by atoms with Crippen LogP contribution in [0, 0.1) is 0 Å². The largest absolute Gasteiger partial charge is 0.449 e. The summed E-state index contributed by atoms with van der Waals surface area (Å²) in [5, 5.41) is 0. The third-order valence-electron chi connectivity index (χ3n) is 3.70. The average molecular weight is 290 g/mol. The number of rotatable bonds is 3. The number of carbonyl (C=O) groups excluding carboxylic acids is 2. The SMILES string of the molecule is CC(OC(=O)c1ccc(N)cc1)C(=O)N1CCCCCC1. The minimum Gasteiger partial charge on any atom is -0.449 e. The van der Waals surface area contributed by atoms with Crippen molar-refractivity contribution in [3.05, 3.63) is 29.8 Å². The summed E-state index contributed by atoms with van der Waals surface area (Å²) >= 11 is 0. The maximum Gasteiger partial charge on any atom is 0.338 e. The summed E-state index contributed by atoms with van der Waals surface area (Å²) in [6.45, 7) is 3.13. The van der Waals surface area contributed by atoms with Crippen LogP contribution in [0.4, 0.5) is 5.69 Å². The van der Waals surface area contributed by atoms with Gasteiger partial charge in [-0.1, -0.05) is 12.8 Å². The highest BCUT2D eigenvalue weighted by molar-refractivity contribution is 5.92. The Morgan fingerprint density at radius 2 is 1.67 bits per heavy atom. The first-order valence-corrected chi connectivity index (χ1v) is 7.43. The number of benzene rings is 1. The quantitative estimate of drug-likeness (QED) is 0.684. The predicted molar refractivity (Wildman–Crippen MR) is 80.8 cm³/mol. The average Bonchev–Trinajstić information content (AvgIpc) is 2.76. The van der Waals surface area contributed by atoms with Gasteiger partial charge in [-0.2, -0.15) is 0 Å². The van der Waals surface area contributed by atoms with E-state index in [1.807, 2.05) is 0 Å². The van der Waals surface area contributed by atoms with Crippen LogP contribution in [0.5, 0.6) is 0 Å². The molecular weight excluding hydrogens is 268 g/mol. The first kappa shape index (κ1) is 15.4. The maximum absolute atomic E-state index is 12.3. The molecule has 1 aromatic carbocycles. The molecule has 21 heavy (non-hydrogen) atoms. The Morgan fingerprint density at radius 1 is 1.10 bits per heavy atom. The number of likely N-dealkylation sites (tertiary alicyclic amines) is 1. The van der Waals surface area contributed by atoms with Gasteiger partial charge in [-0.25, -0.2) is 4.79 Å². The molecule has 2 N–H and O–H groups in total. The zero-order chi connectivity index (χ0) is 15.2. The van der Waals surface area contributed by atoms with Gasteiger partial charge in [-0.15, -0.1) is 0 Å². The molecule has 1 aromatic rings. The Morgan fingerprint density at radius 3 is 2.24 bits per heavy atom. The second kappa shape index (κ2) is 7.11. The third kappa shape index (κ3) is 4.21. The van der Waals surface area contributed by atoms with Gasteiger partial charge in [0.25, 0.3) is 5.91 Å². The third-order valence-corrected chi connectivity index (χ3v) is 3.70. The zero-order valence-electron chi connectivity index (χ0n) is 12.4. The van der Waals surface area contributed by atoms with Gasteiger partial charge in [-0.3, -0.25) is 4.79 Å². The lowest BCUT2D eigenvalue weighted by molar-refractivity contribution is -0.139. The number of amides is 1. The lowest BCUT2D eigenvalue weighted by atomic mass is 10.2. The van der Waals surface area contributed by atoms with E-state index in [1.54, 1.807) is 36.1 Å². The number of carbonyl (C=O) groups is 2. The predicted octanol–water partition coefficient (Wildman–Crippen LogP) is 2.22. The summed E-state index contributed by atoms with van der Waals surface area (Å²) in [6.07, 6.45) is 3.59. The molecule has 1 aliphatic rings. The number of nitrogens with two attached hydrogens (primary N) is 1. The Labute approximate surface area is 125 Å². The molecule has 2 rings (SSSR count). The molecule has 1 aliphatic heterocycles. The van der Waals surface area contributed by atoms with Crippen molar-refractivity contribution in [1.82, 2.24) is 4.90 Å². The lowest BCUT2D eigenvalue weighted by Crippen LogP contribution is -2.40. The number of ether oxygens (including phenoxy) is 1. The van der Waals surface area contributed by atoms with Crippen LogP contribution in [0.3, 0.4) is 0 Å². The van der Waals surface area contributed by atoms with Crippen molar-refractivity contribution in [2.75, 3.05) is 18.8 Å². The zero-order valence-corrected chi connectivity index (χ0v) is 12.4. The molecule has 1 fully saturated rings. The van der Waals surface area contributed by atoms with Crippen LogP contribution in [-0.4, -0.2) is 36.0 Å². The second-order valence-corrected chi connectivity index (χ2v) is 5.41. The number of hydrogen-bond acceptors (Lipinski definition) is 4. The molecule has 0 bridgehead atoms. The molecule has 114 valence electrons. The molecule has 0 aromatic heterocycles. The first-order chi connectivity index (χ1) is 10.1. The van der Waals surface area contributed by atoms with E-state index in [0.29, 0.717) is 11.3 Å². The van der Waals surface area contributed by atoms with E-state index in [-0.39, 0.29) is 5.91 Å². The maximum atomic E-state index is 12.3. The highest BCUT2D eigenvalue weighted by Crippen LogP contribution is 2.13. The van der Waals surface area contributed by atoms with Gasteiger partial charge >= 0.3 is 5.97 Å². The number of anilines is 1. The van der Waals surface area contributed by atoms with E-state index in [1.165, 1.54) is 0 Å². The molecule has 0 aliphatic carbocycles. The topological polar surface area (TPSA) is 72.6 Å². The highest BCUT2D eigenvalue weighted by Gasteiger charge is 2.24. The summed E-state index contributed by atoms with van der Waals surface area (Å²) in [7, 11) is 0. The normalized spacial score (nSPS) is 16.9. The summed E-state index contributed by atoms with van der Waals surface area (Å²) in [5.74, 6) is -0.605. The molecule has 1 heterocycles. The van der Waals surface area contributed by atoms with Gasteiger partial charge in [0.05, 0.1) is 5.56 Å². The fourth-order valence-electron chi connectivity index (χ4n) is 2.45. The van der Waals surface area contributed by atoms with Crippen molar-refractivity contribution in [2.45, 2.75) is 38.7 Å². The van der Waals surface area contributed by atoms with E-state index in [2.05, 4.69) is 0 Å². The molecule has 0 radical (unpaired) electrons. The Balaban J connectivity index is 1.93. The summed E-state index contributed by atoms with van der Waals surface area (Å²) in [5.41, 5.74) is 6.56. The minimum atomic E-state index is -0.756. The van der Waals surface area contributed by atoms with Crippen LogP contribution < -0.4 is 5.73 Å². The van der Waals surface area contributed by atoms with Gasteiger partial charge in [0.2, 0.25) is 0 Å². The van der Waals surface area contributed by atoms with E-state index in [4.69, 9.17) is 10.5 Å². The van der Waals surface area contributed by atoms with Crippen molar-refractivity contribution >= 4 is 17.6 Å². The molecule has 1 saturated heterocycles. The fraction of sp³-hybridized carbons (Fsp3) is 0.500. The lowest BCUT2D eigenvalue weighted by Gasteiger charge is -2.24. The number of nitrogens with zero attached hydrogens (tertiary/aromatic N) is 1. The molecular formula is C16H22N2O3. The Kier molecular flexibility index (Phi) is 5.20. The molecule has 0 spiro atoms. The molecule has 0 saturated carbocycles. The van der Waals surface area contributed by atoms with Crippen molar-refractivity contribution < 1.29 is 14.3 Å². The Bertz CT molecular complexity index is 491. The number of esters is 1. The van der Waals surface area contributed by atoms with Crippen molar-refractivity contribution in [1.29, 1.82) is 0 Å². The first-order valence-electron chi connectivity index (χ1n) is 7.43. The van der Waals surface area contributed by atoms with Crippen LogP contribution in [0.15, 0.2) is 24.3 Å². The van der Waals surface area contributed by atoms with Crippen molar-refractivity contribution in [3.8, 4) is 0 Å². The van der Waals surface area contributed by atoms with E-state index in [0.717, 1.165) is 38.8 Å². The second-order valence-electron chi connectivity index (χ2n) is 5.41. The van der Waals surface area contributed by atoms with E-state index >= 15 is 0 Å². The van der Waals surface area contributed by atoms with Crippen LogP contribution >= 0.6 is 0 Å². The minimum absolute atomic E-state index is 0.110. The van der Waals surface area contributed by atoms with Crippen LogP contribution in [0.2, 0.25) is 0 Å². The van der Waals surface area contributed by atoms with Crippen LogP contribution in [0.25, 0.3) is 0 Å². The smallest absolute Gasteiger partial charge is 0.338 e. The van der Waals surface area contributed by atoms with Gasteiger partial charge in [-0.05, 0) is 44.0 Å². The molecule has 5 nitrogen and oxygen atoms in total. The van der Waals surface area contributed by atoms with Crippen LogP contribution in [-0.2, 0) is 9.53 Å². The van der Waals surface area contributed by atoms with Gasteiger partial charge in [0.1, 0.15) is 0 Å². The van der Waals surface area contributed by atoms with E-state index < -0.39 is 12.1 Å². The van der Waals surface area contributed by atoms with Crippen molar-refractivity contribution in [3.63, 3.8) is 0 Å². The number of hydrogen-bond donors (Lipinski definition) is 1. The molecule has 5 heteroatoms. The highest BCUT2D eigenvalue weighted by atomic mass is 16.5. The Hall–Kier alpha value is -2.04. The summed E-state index contributed by atoms with van der Waals surface area (Å²) in [6, 6.07) is 6.47. The summed E-state index contributed by atoms with van der Waals surface area (Å²) in [4.78, 5) is 26.1. The van der Waals surface area contributed by atoms with Gasteiger partial charge in [0, 0.05) is 18.8 Å². The van der Waals surface area contributed by atoms with Crippen LogP contribution in [0.1, 0.15) is 43.0 Å².